The fourth-order valence-corrected chi connectivity index (χ4v) is 5.16. The van der Waals surface area contributed by atoms with Gasteiger partial charge in [-0.3, -0.25) is 14.9 Å². The Labute approximate surface area is 192 Å². The molecule has 6 nitrogen and oxygen atoms in total. The lowest BCUT2D eigenvalue weighted by Gasteiger charge is -2.36. The van der Waals surface area contributed by atoms with Gasteiger partial charge in [-0.15, -0.1) is 11.8 Å². The Hall–Kier alpha value is -3.32. The molecule has 1 saturated heterocycles. The molecule has 0 unspecified atom stereocenters. The summed E-state index contributed by atoms with van der Waals surface area (Å²) < 4.78 is 0. The highest BCUT2D eigenvalue weighted by Gasteiger charge is 2.26. The number of amides is 1. The van der Waals surface area contributed by atoms with Crippen LogP contribution in [0.2, 0.25) is 0 Å². The highest BCUT2D eigenvalue weighted by atomic mass is 32.2. The minimum Gasteiger partial charge on any atom is -0.362 e. The summed E-state index contributed by atoms with van der Waals surface area (Å²) in [5.74, 6) is 0.494. The summed E-state index contributed by atoms with van der Waals surface area (Å²) in [4.78, 5) is 27.8. The van der Waals surface area contributed by atoms with Crippen LogP contribution in [0.15, 0.2) is 84.9 Å². The third kappa shape index (κ3) is 5.11. The average Bonchev–Trinajstić information content (AvgIpc) is 2.85. The summed E-state index contributed by atoms with van der Waals surface area (Å²) in [5, 5.41) is 11.4. The molecule has 0 aliphatic carbocycles. The topological polar surface area (TPSA) is 66.7 Å². The van der Waals surface area contributed by atoms with Crippen molar-refractivity contribution >= 4 is 29.0 Å². The van der Waals surface area contributed by atoms with Gasteiger partial charge >= 0.3 is 0 Å². The minimum atomic E-state index is -0.350. The Bertz CT molecular complexity index is 1010. The van der Waals surface area contributed by atoms with Gasteiger partial charge in [0, 0.05) is 32.2 Å². The Morgan fingerprint density at radius 3 is 1.94 bits per heavy atom. The highest BCUT2D eigenvalue weighted by Crippen LogP contribution is 2.35. The third-order valence-corrected chi connectivity index (χ3v) is 6.92. The van der Waals surface area contributed by atoms with Crippen molar-refractivity contribution in [3.63, 3.8) is 0 Å². The van der Waals surface area contributed by atoms with Crippen molar-refractivity contribution in [2.75, 3.05) is 36.8 Å². The van der Waals surface area contributed by atoms with Crippen molar-refractivity contribution in [2.24, 2.45) is 0 Å². The van der Waals surface area contributed by atoms with Gasteiger partial charge in [-0.1, -0.05) is 72.8 Å². The van der Waals surface area contributed by atoms with E-state index in [2.05, 4.69) is 24.3 Å². The number of thioether (sulfide) groups is 1. The zero-order valence-electron chi connectivity index (χ0n) is 17.7. The molecule has 3 aromatic carbocycles. The maximum atomic E-state index is 13.0. The van der Waals surface area contributed by atoms with Gasteiger partial charge in [0.1, 0.15) is 5.69 Å². The smallest absolute Gasteiger partial charge is 0.292 e. The first-order valence-corrected chi connectivity index (χ1v) is 11.7. The number of piperazine rings is 1. The minimum absolute atomic E-state index is 0.0922. The molecule has 0 atom stereocenters. The fourth-order valence-electron chi connectivity index (χ4n) is 3.97. The van der Waals surface area contributed by atoms with Gasteiger partial charge in [0.05, 0.1) is 15.9 Å². The number of hydrogen-bond donors (Lipinski definition) is 0. The zero-order chi connectivity index (χ0) is 22.3. The average molecular weight is 448 g/mol. The van der Waals surface area contributed by atoms with Crippen LogP contribution in [0.25, 0.3) is 0 Å². The molecular formula is C25H25N3O3S. The molecule has 7 heteroatoms. The SMILES string of the molecule is O=C(CSC(c1ccccc1)c1ccccc1)N1CCN(c2ccccc2[N+](=O)[O-])CC1. The molecular weight excluding hydrogens is 422 g/mol. The van der Waals surface area contributed by atoms with Gasteiger partial charge < -0.3 is 9.80 Å². The van der Waals surface area contributed by atoms with E-state index in [1.165, 1.54) is 17.2 Å². The molecule has 0 aromatic heterocycles. The number of nitro groups is 1. The highest BCUT2D eigenvalue weighted by molar-refractivity contribution is 8.00. The van der Waals surface area contributed by atoms with E-state index in [1.807, 2.05) is 52.3 Å². The van der Waals surface area contributed by atoms with Crippen molar-refractivity contribution in [3.05, 3.63) is 106 Å². The second kappa shape index (κ2) is 10.3. The molecule has 0 spiro atoms. The van der Waals surface area contributed by atoms with E-state index in [9.17, 15) is 14.9 Å². The number of para-hydroxylation sites is 2. The van der Waals surface area contributed by atoms with Crippen molar-refractivity contribution < 1.29 is 9.72 Å². The summed E-state index contributed by atoms with van der Waals surface area (Å²) in [7, 11) is 0. The molecule has 1 heterocycles. The van der Waals surface area contributed by atoms with Crippen molar-refractivity contribution in [3.8, 4) is 0 Å². The third-order valence-electron chi connectivity index (χ3n) is 5.63. The number of rotatable bonds is 7. The van der Waals surface area contributed by atoms with Crippen molar-refractivity contribution in [2.45, 2.75) is 5.25 Å². The van der Waals surface area contributed by atoms with Crippen LogP contribution in [0.4, 0.5) is 11.4 Å². The number of nitro benzene ring substituents is 1. The molecule has 1 fully saturated rings. The molecule has 4 rings (SSSR count). The van der Waals surface area contributed by atoms with Crippen molar-refractivity contribution in [1.29, 1.82) is 0 Å². The number of benzene rings is 3. The predicted octanol–water partition coefficient (Wildman–Crippen LogP) is 4.77. The monoisotopic (exact) mass is 447 g/mol. The number of anilines is 1. The normalized spacial score (nSPS) is 13.9. The van der Waals surface area contributed by atoms with E-state index in [-0.39, 0.29) is 21.8 Å². The number of nitrogens with zero attached hydrogens (tertiary/aromatic N) is 3. The second-order valence-corrected chi connectivity index (χ2v) is 8.72. The van der Waals surface area contributed by atoms with E-state index in [1.54, 1.807) is 23.9 Å². The maximum absolute atomic E-state index is 13.0. The predicted molar refractivity (Wildman–Crippen MR) is 129 cm³/mol. The molecule has 0 saturated carbocycles. The van der Waals surface area contributed by atoms with Crippen LogP contribution >= 0.6 is 11.8 Å². The quantitative estimate of drug-likeness (QED) is 0.386. The van der Waals surface area contributed by atoms with Crippen LogP contribution < -0.4 is 4.90 Å². The van der Waals surface area contributed by atoms with E-state index in [0.29, 0.717) is 37.6 Å². The number of carbonyl (C=O) groups excluding carboxylic acids is 1. The van der Waals surface area contributed by atoms with Crippen LogP contribution in [0.3, 0.4) is 0 Å². The van der Waals surface area contributed by atoms with E-state index >= 15 is 0 Å². The van der Waals surface area contributed by atoms with Gasteiger partial charge in [0.15, 0.2) is 0 Å². The number of hydrogen-bond acceptors (Lipinski definition) is 5. The molecule has 0 bridgehead atoms. The van der Waals surface area contributed by atoms with Gasteiger partial charge in [0.25, 0.3) is 5.69 Å². The van der Waals surface area contributed by atoms with Crippen LogP contribution in [-0.2, 0) is 4.79 Å². The summed E-state index contributed by atoms with van der Waals surface area (Å²) in [6.45, 7) is 2.30. The standard InChI is InChI=1S/C25H25N3O3S/c29-24(19-32-25(20-9-3-1-4-10-20)21-11-5-2-6-12-21)27-17-15-26(16-18-27)22-13-7-8-14-23(22)28(30)31/h1-14,25H,15-19H2. The molecule has 1 aliphatic rings. The summed E-state index contributed by atoms with van der Waals surface area (Å²) in [6, 6.07) is 27.3. The molecule has 1 amide bonds. The Morgan fingerprint density at radius 2 is 1.38 bits per heavy atom. The van der Waals surface area contributed by atoms with Crippen LogP contribution in [0.5, 0.6) is 0 Å². The fraction of sp³-hybridized carbons (Fsp3) is 0.240. The first-order chi connectivity index (χ1) is 15.6. The Kier molecular flexibility index (Phi) is 7.07. The molecule has 0 radical (unpaired) electrons. The van der Waals surface area contributed by atoms with Crippen LogP contribution in [-0.4, -0.2) is 47.7 Å². The van der Waals surface area contributed by atoms with Crippen LogP contribution in [0, 0.1) is 10.1 Å². The maximum Gasteiger partial charge on any atom is 0.292 e. The number of carbonyl (C=O) groups is 1. The van der Waals surface area contributed by atoms with Gasteiger partial charge in [0.2, 0.25) is 5.91 Å². The lowest BCUT2D eigenvalue weighted by atomic mass is 10.0. The summed E-state index contributed by atoms with van der Waals surface area (Å²) >= 11 is 1.64. The molecule has 3 aromatic rings. The van der Waals surface area contributed by atoms with Gasteiger partial charge in [-0.05, 0) is 17.2 Å². The first kappa shape index (κ1) is 21.9. The lowest BCUT2D eigenvalue weighted by Crippen LogP contribution is -2.49. The molecule has 0 N–H and O–H groups in total. The van der Waals surface area contributed by atoms with E-state index in [0.717, 1.165) is 0 Å². The van der Waals surface area contributed by atoms with Gasteiger partial charge in [-0.2, -0.15) is 0 Å². The lowest BCUT2D eigenvalue weighted by molar-refractivity contribution is -0.384. The van der Waals surface area contributed by atoms with Crippen LogP contribution in [0.1, 0.15) is 16.4 Å². The Balaban J connectivity index is 1.38. The van der Waals surface area contributed by atoms with E-state index in [4.69, 9.17) is 0 Å². The van der Waals surface area contributed by atoms with Crippen molar-refractivity contribution in [1.82, 2.24) is 4.90 Å². The Morgan fingerprint density at radius 1 is 0.844 bits per heavy atom. The zero-order valence-corrected chi connectivity index (χ0v) is 18.5. The first-order valence-electron chi connectivity index (χ1n) is 10.6. The second-order valence-electron chi connectivity index (χ2n) is 7.63. The van der Waals surface area contributed by atoms with Gasteiger partial charge in [-0.25, -0.2) is 0 Å². The summed E-state index contributed by atoms with van der Waals surface area (Å²) in [6.07, 6.45) is 0. The molecule has 1 aliphatic heterocycles. The summed E-state index contributed by atoms with van der Waals surface area (Å²) in [5.41, 5.74) is 3.08. The largest absolute Gasteiger partial charge is 0.362 e. The molecule has 164 valence electrons. The van der Waals surface area contributed by atoms with E-state index < -0.39 is 0 Å². The molecule has 32 heavy (non-hydrogen) atoms.